The van der Waals surface area contributed by atoms with Crippen LogP contribution in [0, 0.1) is 0 Å². The van der Waals surface area contributed by atoms with Crippen LogP contribution in [0.1, 0.15) is 19.8 Å². The predicted molar refractivity (Wildman–Crippen MR) is 36.6 cm³/mol. The molecule has 0 aliphatic heterocycles. The van der Waals surface area contributed by atoms with Crippen molar-refractivity contribution in [1.29, 1.82) is 0 Å². The van der Waals surface area contributed by atoms with Gasteiger partial charge in [0.25, 0.3) is 0 Å². The molecule has 5 heteroatoms. The smallest absolute Gasteiger partial charge is 0.324 e. The van der Waals surface area contributed by atoms with Crippen LogP contribution < -0.4 is 0 Å². The molecule has 0 amide bonds. The third-order valence-electron chi connectivity index (χ3n) is 0.829. The Balaban J connectivity index is 0. The molecule has 1 atom stereocenters. The van der Waals surface area contributed by atoms with E-state index in [1.807, 2.05) is 6.92 Å². The number of hydrogen-bond acceptors (Lipinski definition) is 2. The summed E-state index contributed by atoms with van der Waals surface area (Å²) in [6, 6.07) is 0. The van der Waals surface area contributed by atoms with Gasteiger partial charge in [-0.1, -0.05) is 13.3 Å². The zero-order valence-electron chi connectivity index (χ0n) is 6.17. The summed E-state index contributed by atoms with van der Waals surface area (Å²) in [6.45, 7) is 3.59. The fourth-order valence-corrected chi connectivity index (χ4v) is 0.846. The Kier molecular flexibility index (Phi) is 8.45. The summed E-state index contributed by atoms with van der Waals surface area (Å²) < 4.78 is 15.0. The molecule has 10 heavy (non-hydrogen) atoms. The van der Waals surface area contributed by atoms with Crippen LogP contribution in [0.2, 0.25) is 0 Å². The van der Waals surface area contributed by atoms with Crippen molar-refractivity contribution in [2.45, 2.75) is 19.8 Å². The molecule has 1 unspecified atom stereocenters. The van der Waals surface area contributed by atoms with Crippen molar-refractivity contribution in [1.82, 2.24) is 0 Å². The second kappa shape index (κ2) is 6.37. The van der Waals surface area contributed by atoms with Gasteiger partial charge < -0.3 is 9.42 Å². The van der Waals surface area contributed by atoms with Gasteiger partial charge in [-0.3, -0.25) is 4.57 Å². The molecule has 0 aliphatic rings. The second-order valence-corrected chi connectivity index (χ2v) is 3.85. The maximum absolute atomic E-state index is 10.4. The molecule has 0 spiro atoms. The molecule has 0 aromatic carbocycles. The quantitative estimate of drug-likeness (QED) is 0.567. The van der Waals surface area contributed by atoms with Gasteiger partial charge in [0.15, 0.2) is 0 Å². The van der Waals surface area contributed by atoms with Crippen LogP contribution in [-0.2, 0) is 25.9 Å². The SMILES string of the molecule is CCCCOP(C)(=O)O.[Co]. The Morgan fingerprint density at radius 3 is 2.40 bits per heavy atom. The monoisotopic (exact) mass is 211 g/mol. The van der Waals surface area contributed by atoms with E-state index >= 15 is 0 Å². The fourth-order valence-electron chi connectivity index (χ4n) is 0.378. The molecule has 65 valence electrons. The normalized spacial score (nSPS) is 15.5. The van der Waals surface area contributed by atoms with Crippen molar-refractivity contribution in [3.05, 3.63) is 0 Å². The van der Waals surface area contributed by atoms with Gasteiger partial charge in [-0.2, -0.15) is 0 Å². The minimum atomic E-state index is -3.20. The predicted octanol–water partition coefficient (Wildman–Crippen LogP) is 1.62. The van der Waals surface area contributed by atoms with Gasteiger partial charge in [0.1, 0.15) is 0 Å². The van der Waals surface area contributed by atoms with E-state index in [2.05, 4.69) is 4.52 Å². The first-order valence-corrected chi connectivity index (χ1v) is 5.03. The molecule has 0 aromatic heterocycles. The first kappa shape index (κ1) is 13.3. The molecule has 3 nitrogen and oxygen atoms in total. The zero-order chi connectivity index (χ0) is 7.33. The minimum Gasteiger partial charge on any atom is -0.324 e. The summed E-state index contributed by atoms with van der Waals surface area (Å²) in [7, 11) is -3.20. The molecule has 0 fully saturated rings. The van der Waals surface area contributed by atoms with E-state index in [0.29, 0.717) is 6.61 Å². The average molecular weight is 211 g/mol. The van der Waals surface area contributed by atoms with Crippen LogP contribution in [0.5, 0.6) is 0 Å². The third kappa shape index (κ3) is 11.5. The van der Waals surface area contributed by atoms with Crippen molar-refractivity contribution in [2.75, 3.05) is 13.3 Å². The molecule has 0 bridgehead atoms. The van der Waals surface area contributed by atoms with Crippen LogP contribution >= 0.6 is 7.60 Å². The van der Waals surface area contributed by atoms with Gasteiger partial charge in [-0.25, -0.2) is 0 Å². The summed E-state index contributed by atoms with van der Waals surface area (Å²) in [5, 5.41) is 0. The molecule has 1 radical (unpaired) electrons. The molecule has 0 aliphatic carbocycles. The van der Waals surface area contributed by atoms with E-state index in [-0.39, 0.29) is 16.8 Å². The Hall–Kier alpha value is 0.656. The van der Waals surface area contributed by atoms with Crippen LogP contribution in [0.15, 0.2) is 0 Å². The summed E-state index contributed by atoms with van der Waals surface area (Å²) >= 11 is 0. The molecule has 0 rings (SSSR count). The molecule has 0 saturated heterocycles. The van der Waals surface area contributed by atoms with Crippen molar-refractivity contribution >= 4 is 7.60 Å². The van der Waals surface area contributed by atoms with E-state index in [0.717, 1.165) is 12.8 Å². The first-order valence-electron chi connectivity index (χ1n) is 3.01. The van der Waals surface area contributed by atoms with Crippen molar-refractivity contribution < 1.29 is 30.8 Å². The van der Waals surface area contributed by atoms with Crippen molar-refractivity contribution in [3.63, 3.8) is 0 Å². The van der Waals surface area contributed by atoms with Gasteiger partial charge >= 0.3 is 7.60 Å². The van der Waals surface area contributed by atoms with Gasteiger partial charge in [-0.05, 0) is 6.42 Å². The van der Waals surface area contributed by atoms with Gasteiger partial charge in [-0.15, -0.1) is 0 Å². The number of rotatable bonds is 4. The van der Waals surface area contributed by atoms with E-state index in [9.17, 15) is 4.57 Å². The standard InChI is InChI=1S/C5H13O3P.Co/c1-3-4-5-8-9(2,6)7;/h3-5H2,1-2H3,(H,6,7);. The second-order valence-electron chi connectivity index (χ2n) is 1.99. The van der Waals surface area contributed by atoms with E-state index in [4.69, 9.17) is 4.89 Å². The van der Waals surface area contributed by atoms with Gasteiger partial charge in [0.2, 0.25) is 0 Å². The summed E-state index contributed by atoms with van der Waals surface area (Å²) in [5.74, 6) is 0. The average Bonchev–Trinajstić information content (AvgIpc) is 1.63. The van der Waals surface area contributed by atoms with E-state index in [1.165, 1.54) is 6.66 Å². The molecular formula is C5H13CoO3P. The molecule has 1 N–H and O–H groups in total. The van der Waals surface area contributed by atoms with Crippen LogP contribution in [0.25, 0.3) is 0 Å². The van der Waals surface area contributed by atoms with Crippen molar-refractivity contribution in [2.24, 2.45) is 0 Å². The van der Waals surface area contributed by atoms with Crippen LogP contribution in [0.3, 0.4) is 0 Å². The van der Waals surface area contributed by atoms with Crippen molar-refractivity contribution in [3.8, 4) is 0 Å². The minimum absolute atomic E-state index is 0. The topological polar surface area (TPSA) is 46.5 Å². The Morgan fingerprint density at radius 1 is 1.60 bits per heavy atom. The van der Waals surface area contributed by atoms with E-state index in [1.54, 1.807) is 0 Å². The number of unbranched alkanes of at least 4 members (excludes halogenated alkanes) is 1. The zero-order valence-corrected chi connectivity index (χ0v) is 8.10. The summed E-state index contributed by atoms with van der Waals surface area (Å²) in [6.07, 6.45) is 1.83. The first-order chi connectivity index (χ1) is 4.06. The maximum atomic E-state index is 10.4. The fraction of sp³-hybridized carbons (Fsp3) is 1.00. The third-order valence-corrected chi connectivity index (χ3v) is 1.49. The Morgan fingerprint density at radius 2 is 2.10 bits per heavy atom. The summed E-state index contributed by atoms with van der Waals surface area (Å²) in [4.78, 5) is 8.58. The van der Waals surface area contributed by atoms with Gasteiger partial charge in [0.05, 0.1) is 6.61 Å². The van der Waals surface area contributed by atoms with Crippen LogP contribution in [-0.4, -0.2) is 18.2 Å². The molecule has 0 aromatic rings. The molecule has 0 saturated carbocycles. The molecule has 0 heterocycles. The maximum Gasteiger partial charge on any atom is 0.325 e. The molecular weight excluding hydrogens is 198 g/mol. The Labute approximate surface area is 71.9 Å². The Bertz CT molecular complexity index is 111. The largest absolute Gasteiger partial charge is 0.325 e. The van der Waals surface area contributed by atoms with Crippen LogP contribution in [0.4, 0.5) is 0 Å². The number of hydrogen-bond donors (Lipinski definition) is 1. The summed E-state index contributed by atoms with van der Waals surface area (Å²) in [5.41, 5.74) is 0. The van der Waals surface area contributed by atoms with Gasteiger partial charge in [0, 0.05) is 23.4 Å². The van der Waals surface area contributed by atoms with E-state index < -0.39 is 7.60 Å².